The molecule has 0 radical (unpaired) electrons. The molecule has 1 fully saturated rings. The lowest BCUT2D eigenvalue weighted by Crippen LogP contribution is -2.14. The maximum Gasteiger partial charge on any atom is 0.228 e. The Morgan fingerprint density at radius 1 is 1.18 bits per heavy atom. The molecule has 1 N–H and O–H groups in total. The molecule has 3 rings (SSSR count). The molecule has 2 aromatic rings. The van der Waals surface area contributed by atoms with E-state index in [0.717, 1.165) is 23.2 Å². The van der Waals surface area contributed by atoms with Gasteiger partial charge in [-0.1, -0.05) is 24.3 Å². The molecular weight excluding hydrogens is 279 g/mol. The first-order valence-electron chi connectivity index (χ1n) is 7.19. The number of nitriles is 1. The predicted molar refractivity (Wildman–Crippen MR) is 81.6 cm³/mol. The lowest BCUT2D eigenvalue weighted by atomic mass is 10.1. The van der Waals surface area contributed by atoms with Gasteiger partial charge >= 0.3 is 0 Å². The maximum atomic E-state index is 12.9. The molecular formula is C18H15FN2O. The van der Waals surface area contributed by atoms with Gasteiger partial charge in [-0.05, 0) is 47.7 Å². The van der Waals surface area contributed by atoms with Crippen molar-refractivity contribution in [3.05, 3.63) is 65.5 Å². The highest BCUT2D eigenvalue weighted by molar-refractivity contribution is 5.95. The van der Waals surface area contributed by atoms with Crippen molar-refractivity contribution in [2.24, 2.45) is 5.92 Å². The summed E-state index contributed by atoms with van der Waals surface area (Å²) in [6.07, 6.45) is 1.16. The van der Waals surface area contributed by atoms with Gasteiger partial charge in [-0.2, -0.15) is 5.26 Å². The molecule has 2 aromatic carbocycles. The van der Waals surface area contributed by atoms with Crippen molar-refractivity contribution in [1.29, 1.82) is 5.26 Å². The van der Waals surface area contributed by atoms with Crippen molar-refractivity contribution in [3.63, 3.8) is 0 Å². The Morgan fingerprint density at radius 2 is 1.86 bits per heavy atom. The minimum Gasteiger partial charge on any atom is -0.326 e. The molecule has 0 bridgehead atoms. The Bertz CT molecular complexity index is 716. The van der Waals surface area contributed by atoms with Gasteiger partial charge in [0.2, 0.25) is 5.91 Å². The molecule has 2 atom stereocenters. The van der Waals surface area contributed by atoms with Gasteiger partial charge in [0.15, 0.2) is 0 Å². The topological polar surface area (TPSA) is 52.9 Å². The molecule has 0 saturated heterocycles. The summed E-state index contributed by atoms with van der Waals surface area (Å²) >= 11 is 0. The monoisotopic (exact) mass is 294 g/mol. The molecule has 3 nitrogen and oxygen atoms in total. The van der Waals surface area contributed by atoms with E-state index in [1.165, 1.54) is 12.1 Å². The summed E-state index contributed by atoms with van der Waals surface area (Å²) in [5, 5.41) is 11.5. The van der Waals surface area contributed by atoms with Crippen molar-refractivity contribution in [3.8, 4) is 6.07 Å². The number of carbonyl (C=O) groups is 1. The summed E-state index contributed by atoms with van der Waals surface area (Å²) < 4.78 is 12.9. The zero-order valence-corrected chi connectivity index (χ0v) is 11.9. The number of halogens is 1. The van der Waals surface area contributed by atoms with Crippen molar-refractivity contribution >= 4 is 11.6 Å². The van der Waals surface area contributed by atoms with Crippen LogP contribution >= 0.6 is 0 Å². The molecule has 0 spiro atoms. The first-order valence-corrected chi connectivity index (χ1v) is 7.19. The number of carbonyl (C=O) groups excluding carboxylic acids is 1. The number of hydrogen-bond donors (Lipinski definition) is 1. The first kappa shape index (κ1) is 14.3. The van der Waals surface area contributed by atoms with E-state index in [2.05, 4.69) is 11.4 Å². The SMILES string of the molecule is N#CCc1ccc(NC(=O)C2CC2c2ccc(F)cc2)cc1. The average Bonchev–Trinajstić information content (AvgIpc) is 3.31. The van der Waals surface area contributed by atoms with Crippen molar-refractivity contribution in [1.82, 2.24) is 0 Å². The van der Waals surface area contributed by atoms with Crippen LogP contribution in [0.15, 0.2) is 48.5 Å². The van der Waals surface area contributed by atoms with Gasteiger partial charge in [0.05, 0.1) is 12.5 Å². The number of nitrogens with one attached hydrogen (secondary N) is 1. The van der Waals surface area contributed by atoms with Crippen LogP contribution in [0, 0.1) is 23.1 Å². The van der Waals surface area contributed by atoms with Crippen LogP contribution < -0.4 is 5.32 Å². The third kappa shape index (κ3) is 3.15. The van der Waals surface area contributed by atoms with Gasteiger partial charge in [0.1, 0.15) is 5.82 Å². The summed E-state index contributed by atoms with van der Waals surface area (Å²) in [5.74, 6) is -0.145. The van der Waals surface area contributed by atoms with E-state index in [9.17, 15) is 9.18 Å². The van der Waals surface area contributed by atoms with Crippen molar-refractivity contribution in [2.75, 3.05) is 5.32 Å². The molecule has 2 unspecified atom stereocenters. The second kappa shape index (κ2) is 5.98. The van der Waals surface area contributed by atoms with Crippen molar-refractivity contribution < 1.29 is 9.18 Å². The van der Waals surface area contributed by atoms with Crippen LogP contribution in [0.4, 0.5) is 10.1 Å². The predicted octanol–water partition coefficient (Wildman–Crippen LogP) is 3.63. The third-order valence-corrected chi connectivity index (χ3v) is 3.93. The molecule has 4 heteroatoms. The van der Waals surface area contributed by atoms with E-state index >= 15 is 0 Å². The number of amides is 1. The molecule has 0 aromatic heterocycles. The Morgan fingerprint density at radius 3 is 2.50 bits per heavy atom. The van der Waals surface area contributed by atoms with Crippen LogP contribution in [-0.4, -0.2) is 5.91 Å². The smallest absolute Gasteiger partial charge is 0.228 e. The quantitative estimate of drug-likeness (QED) is 0.936. The van der Waals surface area contributed by atoms with Gasteiger partial charge in [-0.3, -0.25) is 4.79 Å². The van der Waals surface area contributed by atoms with Gasteiger partial charge in [-0.15, -0.1) is 0 Å². The summed E-state index contributed by atoms with van der Waals surface area (Å²) in [5.41, 5.74) is 2.67. The minimum atomic E-state index is -0.261. The molecule has 0 heterocycles. The van der Waals surface area contributed by atoms with Crippen LogP contribution in [-0.2, 0) is 11.2 Å². The Balaban J connectivity index is 1.59. The Labute approximate surface area is 128 Å². The second-order valence-corrected chi connectivity index (χ2v) is 5.52. The molecule has 0 aliphatic heterocycles. The second-order valence-electron chi connectivity index (χ2n) is 5.52. The highest BCUT2D eigenvalue weighted by atomic mass is 19.1. The lowest BCUT2D eigenvalue weighted by molar-refractivity contribution is -0.117. The van der Waals surface area contributed by atoms with E-state index < -0.39 is 0 Å². The van der Waals surface area contributed by atoms with E-state index in [4.69, 9.17) is 5.26 Å². The van der Waals surface area contributed by atoms with Crippen LogP contribution in [0.3, 0.4) is 0 Å². The Kier molecular flexibility index (Phi) is 3.88. The van der Waals surface area contributed by atoms with E-state index in [-0.39, 0.29) is 23.6 Å². The van der Waals surface area contributed by atoms with E-state index in [1.807, 2.05) is 12.1 Å². The third-order valence-electron chi connectivity index (χ3n) is 3.93. The molecule has 110 valence electrons. The van der Waals surface area contributed by atoms with Crippen LogP contribution in [0.25, 0.3) is 0 Å². The molecule has 1 amide bonds. The van der Waals surface area contributed by atoms with E-state index in [1.54, 1.807) is 24.3 Å². The van der Waals surface area contributed by atoms with Crippen LogP contribution in [0.1, 0.15) is 23.5 Å². The fraction of sp³-hybridized carbons (Fsp3) is 0.222. The zero-order valence-electron chi connectivity index (χ0n) is 11.9. The highest BCUT2D eigenvalue weighted by Crippen LogP contribution is 2.47. The highest BCUT2D eigenvalue weighted by Gasteiger charge is 2.43. The molecule has 1 aliphatic rings. The number of nitrogens with zero attached hydrogens (tertiary/aromatic N) is 1. The normalized spacial score (nSPS) is 19.3. The largest absolute Gasteiger partial charge is 0.326 e. The van der Waals surface area contributed by atoms with Crippen molar-refractivity contribution in [2.45, 2.75) is 18.8 Å². The van der Waals surface area contributed by atoms with Gasteiger partial charge in [0.25, 0.3) is 0 Å². The lowest BCUT2D eigenvalue weighted by Gasteiger charge is -2.06. The summed E-state index contributed by atoms with van der Waals surface area (Å²) in [4.78, 5) is 12.2. The minimum absolute atomic E-state index is 0.0117. The summed E-state index contributed by atoms with van der Waals surface area (Å²) in [6, 6.07) is 15.7. The summed E-state index contributed by atoms with van der Waals surface area (Å²) in [6.45, 7) is 0. The van der Waals surface area contributed by atoms with Crippen LogP contribution in [0.5, 0.6) is 0 Å². The van der Waals surface area contributed by atoms with E-state index in [0.29, 0.717) is 6.42 Å². The average molecular weight is 294 g/mol. The number of hydrogen-bond acceptors (Lipinski definition) is 2. The number of rotatable bonds is 4. The molecule has 1 saturated carbocycles. The number of benzene rings is 2. The maximum absolute atomic E-state index is 12.9. The fourth-order valence-corrected chi connectivity index (χ4v) is 2.60. The van der Waals surface area contributed by atoms with Gasteiger partial charge in [0, 0.05) is 11.6 Å². The molecule has 22 heavy (non-hydrogen) atoms. The fourth-order valence-electron chi connectivity index (χ4n) is 2.60. The molecule has 1 aliphatic carbocycles. The Hall–Kier alpha value is -2.67. The first-order chi connectivity index (χ1) is 10.7. The zero-order chi connectivity index (χ0) is 15.5. The van der Waals surface area contributed by atoms with Gasteiger partial charge in [-0.25, -0.2) is 4.39 Å². The number of anilines is 1. The van der Waals surface area contributed by atoms with Gasteiger partial charge < -0.3 is 5.32 Å². The summed E-state index contributed by atoms with van der Waals surface area (Å²) in [7, 11) is 0. The van der Waals surface area contributed by atoms with Crippen LogP contribution in [0.2, 0.25) is 0 Å². The standard InChI is InChI=1S/C18H15FN2O/c19-14-5-3-13(4-6-14)16-11-17(16)18(22)21-15-7-1-12(2-8-15)9-10-20/h1-8,16-17H,9,11H2,(H,21,22).